The van der Waals surface area contributed by atoms with Gasteiger partial charge in [0.25, 0.3) is 0 Å². The minimum absolute atomic E-state index is 0.189. The van der Waals surface area contributed by atoms with Crippen LogP contribution in [0.15, 0.2) is 35.3 Å². The Morgan fingerprint density at radius 3 is 2.61 bits per heavy atom. The van der Waals surface area contributed by atoms with E-state index >= 15 is 0 Å². The average Bonchev–Trinajstić information content (AvgIpc) is 2.65. The fourth-order valence-electron chi connectivity index (χ4n) is 1.87. The van der Waals surface area contributed by atoms with Gasteiger partial charge in [-0.3, -0.25) is 9.97 Å². The highest BCUT2D eigenvalue weighted by atomic mass is 35.5. The van der Waals surface area contributed by atoms with Gasteiger partial charge in [0.15, 0.2) is 5.58 Å². The molecule has 0 atom stereocenters. The second kappa shape index (κ2) is 3.89. The maximum absolute atomic E-state index is 5.93. The molecule has 0 saturated carbocycles. The topological polar surface area (TPSA) is 91.0 Å². The van der Waals surface area contributed by atoms with Crippen molar-refractivity contribution in [3.05, 3.63) is 35.9 Å². The van der Waals surface area contributed by atoms with Crippen LogP contribution in [0.25, 0.3) is 22.1 Å². The summed E-state index contributed by atoms with van der Waals surface area (Å²) in [6.45, 7) is 0. The molecule has 0 aliphatic heterocycles. The van der Waals surface area contributed by atoms with E-state index in [0.717, 1.165) is 16.5 Å². The van der Waals surface area contributed by atoms with Gasteiger partial charge in [0.05, 0.1) is 16.6 Å². The Balaban J connectivity index is 2.35. The molecule has 6 heteroatoms. The fraction of sp³-hybridized carbons (Fsp3) is 0. The van der Waals surface area contributed by atoms with Gasteiger partial charge in [-0.2, -0.15) is 0 Å². The number of rotatable bonds is 1. The molecule has 0 saturated heterocycles. The predicted octanol–water partition coefficient (Wildman–Crippen LogP) is 2.71. The number of nitrogens with zero attached hydrogens (tertiary/aromatic N) is 2. The van der Waals surface area contributed by atoms with E-state index in [2.05, 4.69) is 9.97 Å². The van der Waals surface area contributed by atoms with Crippen LogP contribution in [0.3, 0.4) is 0 Å². The molecule has 0 spiro atoms. The van der Waals surface area contributed by atoms with Gasteiger partial charge in [-0.05, 0) is 6.07 Å². The molecule has 0 amide bonds. The monoisotopic (exact) mass is 260 g/mol. The summed E-state index contributed by atoms with van der Waals surface area (Å²) in [5.41, 5.74) is 14.1. The SMILES string of the molecule is Nc1oc2cncc(-c3cncc(Cl)c3)c2c1N. The molecule has 18 heavy (non-hydrogen) atoms. The van der Waals surface area contributed by atoms with Crippen LogP contribution in [0.1, 0.15) is 0 Å². The van der Waals surface area contributed by atoms with E-state index in [9.17, 15) is 0 Å². The Hall–Kier alpha value is -2.27. The molecule has 0 aliphatic rings. The number of nitrogen functional groups attached to an aromatic ring is 2. The normalized spacial score (nSPS) is 10.9. The lowest BCUT2D eigenvalue weighted by atomic mass is 10.1. The maximum atomic E-state index is 5.93. The van der Waals surface area contributed by atoms with Crippen molar-refractivity contribution < 1.29 is 4.42 Å². The highest BCUT2D eigenvalue weighted by Crippen LogP contribution is 2.37. The van der Waals surface area contributed by atoms with Crippen molar-refractivity contribution in [2.24, 2.45) is 0 Å². The summed E-state index contributed by atoms with van der Waals surface area (Å²) in [5, 5.41) is 1.27. The number of pyridine rings is 2. The van der Waals surface area contributed by atoms with Crippen molar-refractivity contribution in [1.29, 1.82) is 0 Å². The minimum Gasteiger partial charge on any atom is -0.437 e. The Kier molecular flexibility index (Phi) is 2.34. The van der Waals surface area contributed by atoms with E-state index in [1.807, 2.05) is 0 Å². The van der Waals surface area contributed by atoms with Crippen LogP contribution in [0.2, 0.25) is 5.02 Å². The summed E-state index contributed by atoms with van der Waals surface area (Å²) in [6.07, 6.45) is 6.50. The number of fused-ring (bicyclic) bond motifs is 1. The first-order valence-electron chi connectivity index (χ1n) is 5.19. The van der Waals surface area contributed by atoms with Crippen molar-refractivity contribution in [3.8, 4) is 11.1 Å². The third kappa shape index (κ3) is 1.56. The van der Waals surface area contributed by atoms with Crippen LogP contribution in [0.4, 0.5) is 11.6 Å². The van der Waals surface area contributed by atoms with Gasteiger partial charge < -0.3 is 15.9 Å². The Bertz CT molecular complexity index is 738. The summed E-state index contributed by atoms with van der Waals surface area (Å²) >= 11 is 5.93. The first kappa shape index (κ1) is 10.9. The van der Waals surface area contributed by atoms with E-state index in [0.29, 0.717) is 16.3 Å². The van der Waals surface area contributed by atoms with Crippen LogP contribution in [-0.2, 0) is 0 Å². The number of furan rings is 1. The molecule has 4 N–H and O–H groups in total. The Labute approximate surface area is 107 Å². The largest absolute Gasteiger partial charge is 0.437 e. The zero-order chi connectivity index (χ0) is 12.7. The summed E-state index contributed by atoms with van der Waals surface area (Å²) in [5.74, 6) is 0.189. The van der Waals surface area contributed by atoms with Crippen molar-refractivity contribution in [2.75, 3.05) is 11.5 Å². The van der Waals surface area contributed by atoms with E-state index in [-0.39, 0.29) is 5.88 Å². The van der Waals surface area contributed by atoms with Gasteiger partial charge in [0, 0.05) is 29.7 Å². The lowest BCUT2D eigenvalue weighted by Crippen LogP contribution is -1.91. The zero-order valence-corrected chi connectivity index (χ0v) is 9.98. The lowest BCUT2D eigenvalue weighted by molar-refractivity contribution is 0.637. The predicted molar refractivity (Wildman–Crippen MR) is 71.1 cm³/mol. The van der Waals surface area contributed by atoms with E-state index in [1.54, 1.807) is 30.9 Å². The summed E-state index contributed by atoms with van der Waals surface area (Å²) in [4.78, 5) is 8.14. The maximum Gasteiger partial charge on any atom is 0.214 e. The number of hydrogen-bond donors (Lipinski definition) is 2. The molecule has 90 valence electrons. The first-order chi connectivity index (χ1) is 8.66. The highest BCUT2D eigenvalue weighted by molar-refractivity contribution is 6.30. The molecule has 3 rings (SSSR count). The first-order valence-corrected chi connectivity index (χ1v) is 5.57. The van der Waals surface area contributed by atoms with Gasteiger partial charge in [-0.1, -0.05) is 11.6 Å². The van der Waals surface area contributed by atoms with Gasteiger partial charge in [-0.15, -0.1) is 0 Å². The molecular formula is C12H9ClN4O. The Morgan fingerprint density at radius 2 is 1.83 bits per heavy atom. The molecule has 3 aromatic rings. The number of nitrogens with two attached hydrogens (primary N) is 2. The van der Waals surface area contributed by atoms with E-state index < -0.39 is 0 Å². The standard InChI is InChI=1S/C12H9ClN4O/c13-7-1-6(2-16-3-7)8-4-17-5-9-10(8)11(14)12(15)18-9/h1-5H,14-15H2. The fourth-order valence-corrected chi connectivity index (χ4v) is 2.05. The second-order valence-corrected chi connectivity index (χ2v) is 4.27. The van der Waals surface area contributed by atoms with Crippen molar-refractivity contribution in [1.82, 2.24) is 9.97 Å². The van der Waals surface area contributed by atoms with Crippen LogP contribution in [0.5, 0.6) is 0 Å². The molecule has 0 fully saturated rings. The lowest BCUT2D eigenvalue weighted by Gasteiger charge is -2.03. The third-order valence-corrected chi connectivity index (χ3v) is 2.89. The van der Waals surface area contributed by atoms with E-state index in [1.165, 1.54) is 0 Å². The number of aromatic nitrogens is 2. The molecular weight excluding hydrogens is 252 g/mol. The molecule has 0 bridgehead atoms. The summed E-state index contributed by atoms with van der Waals surface area (Å²) in [6, 6.07) is 1.79. The summed E-state index contributed by atoms with van der Waals surface area (Å²) in [7, 11) is 0. The second-order valence-electron chi connectivity index (χ2n) is 3.83. The third-order valence-electron chi connectivity index (χ3n) is 2.68. The molecule has 0 unspecified atom stereocenters. The van der Waals surface area contributed by atoms with Gasteiger partial charge in [0.1, 0.15) is 5.69 Å². The highest BCUT2D eigenvalue weighted by Gasteiger charge is 2.14. The molecule has 3 heterocycles. The Morgan fingerprint density at radius 1 is 1.06 bits per heavy atom. The van der Waals surface area contributed by atoms with Crippen molar-refractivity contribution in [3.63, 3.8) is 0 Å². The molecule has 0 aliphatic carbocycles. The van der Waals surface area contributed by atoms with Crippen LogP contribution < -0.4 is 11.5 Å². The smallest absolute Gasteiger partial charge is 0.214 e. The zero-order valence-electron chi connectivity index (χ0n) is 9.22. The molecule has 0 aromatic carbocycles. The van der Waals surface area contributed by atoms with E-state index in [4.69, 9.17) is 27.5 Å². The number of anilines is 2. The molecule has 5 nitrogen and oxygen atoms in total. The van der Waals surface area contributed by atoms with Gasteiger partial charge in [-0.25, -0.2) is 0 Å². The van der Waals surface area contributed by atoms with Crippen molar-refractivity contribution >= 4 is 34.1 Å². The molecule has 0 radical (unpaired) electrons. The van der Waals surface area contributed by atoms with Crippen LogP contribution >= 0.6 is 11.6 Å². The van der Waals surface area contributed by atoms with Gasteiger partial charge >= 0.3 is 0 Å². The number of halogens is 1. The minimum atomic E-state index is 0.189. The quantitative estimate of drug-likeness (QED) is 0.702. The number of hydrogen-bond acceptors (Lipinski definition) is 5. The van der Waals surface area contributed by atoms with Crippen molar-refractivity contribution in [2.45, 2.75) is 0 Å². The van der Waals surface area contributed by atoms with Crippen LogP contribution in [0, 0.1) is 0 Å². The van der Waals surface area contributed by atoms with Gasteiger partial charge in [0.2, 0.25) is 5.88 Å². The summed E-state index contributed by atoms with van der Waals surface area (Å²) < 4.78 is 5.33. The van der Waals surface area contributed by atoms with Crippen LogP contribution in [-0.4, -0.2) is 9.97 Å². The average molecular weight is 261 g/mol. The molecule has 3 aromatic heterocycles.